The van der Waals surface area contributed by atoms with E-state index < -0.39 is 0 Å². The van der Waals surface area contributed by atoms with E-state index in [0.29, 0.717) is 31.5 Å². The largest absolute Gasteiger partial charge is 0.344 e. The fourth-order valence-corrected chi connectivity index (χ4v) is 5.70. The summed E-state index contributed by atoms with van der Waals surface area (Å²) >= 11 is 0. The van der Waals surface area contributed by atoms with Crippen LogP contribution in [0.1, 0.15) is 47.2 Å². The molecule has 0 unspecified atom stereocenters. The van der Waals surface area contributed by atoms with E-state index in [-0.39, 0.29) is 35.6 Å². The van der Waals surface area contributed by atoms with Crippen molar-refractivity contribution in [2.75, 3.05) is 36.8 Å². The molecule has 3 fully saturated rings. The molecule has 6 rings (SSSR count). The van der Waals surface area contributed by atoms with Crippen LogP contribution >= 0.6 is 0 Å². The molecule has 3 aliphatic rings. The van der Waals surface area contributed by atoms with Gasteiger partial charge in [-0.1, -0.05) is 30.3 Å². The SMILES string of the molecule is Cc1ccc(NC(=O)C2CC2)cc1-c1ccc(C(=O)Nc2ccc(CN3CCN(C(=O)[C@@H]4CCC(=O)N4)CC3)cc2)cc1. The molecule has 3 aromatic rings. The Balaban J connectivity index is 0.998. The van der Waals surface area contributed by atoms with Gasteiger partial charge < -0.3 is 20.9 Å². The molecule has 3 aromatic carbocycles. The summed E-state index contributed by atoms with van der Waals surface area (Å²) in [6.07, 6.45) is 2.94. The Kier molecular flexibility index (Phi) is 8.24. The highest BCUT2D eigenvalue weighted by molar-refractivity contribution is 6.04. The third kappa shape index (κ3) is 6.94. The number of aryl methyl sites for hydroxylation is 1. The van der Waals surface area contributed by atoms with Crippen LogP contribution in [0, 0.1) is 12.8 Å². The minimum atomic E-state index is -0.368. The molecule has 4 amide bonds. The van der Waals surface area contributed by atoms with Crippen molar-refractivity contribution in [2.45, 2.75) is 45.2 Å². The molecule has 0 radical (unpaired) electrons. The van der Waals surface area contributed by atoms with Gasteiger partial charge in [-0.15, -0.1) is 0 Å². The second-order valence-electron chi connectivity index (χ2n) is 11.8. The maximum absolute atomic E-state index is 13.0. The summed E-state index contributed by atoms with van der Waals surface area (Å²) in [6, 6.07) is 20.9. The normalized spacial score (nSPS) is 18.7. The predicted molar refractivity (Wildman–Crippen MR) is 165 cm³/mol. The van der Waals surface area contributed by atoms with Gasteiger partial charge in [0.2, 0.25) is 17.7 Å². The predicted octanol–water partition coefficient (Wildman–Crippen LogP) is 4.19. The van der Waals surface area contributed by atoms with Crippen LogP contribution in [-0.2, 0) is 20.9 Å². The van der Waals surface area contributed by atoms with E-state index in [0.717, 1.165) is 66.1 Å². The zero-order valence-corrected chi connectivity index (χ0v) is 24.4. The Labute approximate surface area is 251 Å². The smallest absolute Gasteiger partial charge is 0.255 e. The van der Waals surface area contributed by atoms with Crippen LogP contribution in [0.15, 0.2) is 66.7 Å². The minimum absolute atomic E-state index is 0.0266. The Morgan fingerprint density at radius 1 is 0.837 bits per heavy atom. The monoisotopic (exact) mass is 579 g/mol. The van der Waals surface area contributed by atoms with Crippen molar-refractivity contribution in [1.82, 2.24) is 15.1 Å². The van der Waals surface area contributed by atoms with Crippen LogP contribution in [-0.4, -0.2) is 65.6 Å². The summed E-state index contributed by atoms with van der Waals surface area (Å²) < 4.78 is 0. The van der Waals surface area contributed by atoms with Crippen LogP contribution in [0.5, 0.6) is 0 Å². The maximum atomic E-state index is 13.0. The molecule has 0 aromatic heterocycles. The molecule has 9 heteroatoms. The van der Waals surface area contributed by atoms with Gasteiger partial charge in [0.25, 0.3) is 5.91 Å². The summed E-state index contributed by atoms with van der Waals surface area (Å²) in [7, 11) is 0. The van der Waals surface area contributed by atoms with Crippen molar-refractivity contribution in [3.05, 3.63) is 83.4 Å². The fourth-order valence-electron chi connectivity index (χ4n) is 5.70. The molecule has 3 N–H and O–H groups in total. The van der Waals surface area contributed by atoms with Crippen LogP contribution in [0.2, 0.25) is 0 Å². The Morgan fingerprint density at radius 3 is 2.19 bits per heavy atom. The number of nitrogens with zero attached hydrogens (tertiary/aromatic N) is 2. The molecule has 0 bridgehead atoms. The first-order valence-corrected chi connectivity index (χ1v) is 15.0. The van der Waals surface area contributed by atoms with Gasteiger partial charge in [-0.25, -0.2) is 0 Å². The quantitative estimate of drug-likeness (QED) is 0.371. The lowest BCUT2D eigenvalue weighted by Gasteiger charge is -2.35. The number of rotatable bonds is 8. The topological polar surface area (TPSA) is 111 Å². The highest BCUT2D eigenvalue weighted by atomic mass is 16.2. The van der Waals surface area contributed by atoms with Crippen molar-refractivity contribution in [3.63, 3.8) is 0 Å². The van der Waals surface area contributed by atoms with Crippen molar-refractivity contribution < 1.29 is 19.2 Å². The molecule has 0 spiro atoms. The van der Waals surface area contributed by atoms with E-state index in [4.69, 9.17) is 0 Å². The van der Waals surface area contributed by atoms with Crippen molar-refractivity contribution in [3.8, 4) is 11.1 Å². The number of benzene rings is 3. The standard InChI is InChI=1S/C34H37N5O4/c1-22-2-11-28(36-33(42)26-9-10-26)20-29(22)24-5-7-25(8-6-24)32(41)35-27-12-3-23(4-13-27)21-38-16-18-39(19-17-38)34(43)30-14-15-31(40)37-30/h2-8,11-13,20,26,30H,9-10,14-19,21H2,1H3,(H,35,41)(H,36,42)(H,37,40)/t30-/m0/s1. The molecular weight excluding hydrogens is 542 g/mol. The summed E-state index contributed by atoms with van der Waals surface area (Å²) in [5.41, 5.74) is 6.31. The molecule has 1 saturated carbocycles. The molecule has 1 atom stereocenters. The third-order valence-corrected chi connectivity index (χ3v) is 8.51. The van der Waals surface area contributed by atoms with Crippen molar-refractivity contribution in [1.29, 1.82) is 0 Å². The molecule has 9 nitrogen and oxygen atoms in total. The van der Waals surface area contributed by atoms with Gasteiger partial charge in [-0.05, 0) is 84.8 Å². The fraction of sp³-hybridized carbons (Fsp3) is 0.353. The Bertz CT molecular complexity index is 1520. The van der Waals surface area contributed by atoms with Gasteiger partial charge in [0, 0.05) is 62.0 Å². The van der Waals surface area contributed by atoms with E-state index >= 15 is 0 Å². The van der Waals surface area contributed by atoms with Gasteiger partial charge in [0.15, 0.2) is 0 Å². The lowest BCUT2D eigenvalue weighted by molar-refractivity contribution is -0.136. The number of piperazine rings is 1. The summed E-state index contributed by atoms with van der Waals surface area (Å²) in [6.45, 7) is 5.66. The number of carbonyl (C=O) groups is 4. The second-order valence-corrected chi connectivity index (χ2v) is 11.8. The number of carbonyl (C=O) groups excluding carboxylic acids is 4. The number of hydrogen-bond acceptors (Lipinski definition) is 5. The highest BCUT2D eigenvalue weighted by Gasteiger charge is 2.32. The number of anilines is 2. The van der Waals surface area contributed by atoms with E-state index in [1.165, 1.54) is 0 Å². The number of amides is 4. The molecule has 1 aliphatic carbocycles. The average molecular weight is 580 g/mol. The number of hydrogen-bond donors (Lipinski definition) is 3. The first-order valence-electron chi connectivity index (χ1n) is 15.0. The lowest BCUT2D eigenvalue weighted by atomic mass is 9.98. The molecule has 2 heterocycles. The van der Waals surface area contributed by atoms with Gasteiger partial charge >= 0.3 is 0 Å². The summed E-state index contributed by atoms with van der Waals surface area (Å²) in [5.74, 6) is 0.0315. The Hall–Kier alpha value is -4.50. The van der Waals surface area contributed by atoms with Crippen LogP contribution in [0.3, 0.4) is 0 Å². The summed E-state index contributed by atoms with van der Waals surface area (Å²) in [4.78, 5) is 53.4. The van der Waals surface area contributed by atoms with Gasteiger partial charge in [-0.2, -0.15) is 0 Å². The lowest BCUT2D eigenvalue weighted by Crippen LogP contribution is -2.53. The second kappa shape index (κ2) is 12.4. The molecule has 2 saturated heterocycles. The van der Waals surface area contributed by atoms with Gasteiger partial charge in [0.1, 0.15) is 6.04 Å². The van der Waals surface area contributed by atoms with Crippen LogP contribution < -0.4 is 16.0 Å². The zero-order chi connectivity index (χ0) is 29.9. The maximum Gasteiger partial charge on any atom is 0.255 e. The Morgan fingerprint density at radius 2 is 1.53 bits per heavy atom. The van der Waals surface area contributed by atoms with E-state index in [2.05, 4.69) is 20.9 Å². The van der Waals surface area contributed by atoms with Crippen molar-refractivity contribution >= 4 is 35.0 Å². The first-order chi connectivity index (χ1) is 20.8. The van der Waals surface area contributed by atoms with E-state index in [1.807, 2.05) is 78.6 Å². The molecule has 222 valence electrons. The highest BCUT2D eigenvalue weighted by Crippen LogP contribution is 2.32. The first kappa shape index (κ1) is 28.6. The average Bonchev–Trinajstić information content (AvgIpc) is 3.79. The van der Waals surface area contributed by atoms with Crippen molar-refractivity contribution in [2.24, 2.45) is 5.92 Å². The minimum Gasteiger partial charge on any atom is -0.344 e. The van der Waals surface area contributed by atoms with E-state index in [9.17, 15) is 19.2 Å². The molecule has 2 aliphatic heterocycles. The molecule has 43 heavy (non-hydrogen) atoms. The van der Waals surface area contributed by atoms with E-state index in [1.54, 1.807) is 0 Å². The summed E-state index contributed by atoms with van der Waals surface area (Å²) in [5, 5.41) is 8.76. The van der Waals surface area contributed by atoms with Crippen LogP contribution in [0.25, 0.3) is 11.1 Å². The van der Waals surface area contributed by atoms with Gasteiger partial charge in [-0.3, -0.25) is 24.1 Å². The third-order valence-electron chi connectivity index (χ3n) is 8.51. The molecular formula is C34H37N5O4. The number of nitrogens with one attached hydrogen (secondary N) is 3. The zero-order valence-electron chi connectivity index (χ0n) is 24.4. The van der Waals surface area contributed by atoms with Gasteiger partial charge in [0.05, 0.1) is 0 Å². The van der Waals surface area contributed by atoms with Crippen LogP contribution in [0.4, 0.5) is 11.4 Å².